The number of Topliss-reactive ketones (excluding diaryl/α,β-unsaturated/α-hetero) is 1. The molecule has 9 nitrogen and oxygen atoms in total. The molecule has 6 fully saturated rings. The number of carbonyl (C=O) groups is 2. The minimum absolute atomic E-state index is 0.130. The third-order valence-corrected chi connectivity index (χ3v) is 12.3. The number of ether oxygens (including phenoxy) is 4. The average molecular weight is 533 g/mol. The summed E-state index contributed by atoms with van der Waals surface area (Å²) < 4.78 is 23.2. The van der Waals surface area contributed by atoms with E-state index in [0.29, 0.717) is 18.9 Å². The van der Waals surface area contributed by atoms with Gasteiger partial charge in [0.1, 0.15) is 12.7 Å². The standard InChI is InChI=1S/C29H40O9/c1-14-23(31)24(32)29(34)25(36-14)37-20-11-16-4-5-19-18(26(16,2)12-21(20)38-29)6-8-27(3)17(7-9-28(19,27)33)15-10-22(30)35-13-15/h10,14,16-21,23,25,31,33-34H,4-9,11-13H2,1-3H3/t14-,16+,17-,18+,19-,20-,21-,23?,25+,26+,27-,28+,29?/m1/s1. The normalized spacial score (nSPS) is 57.6. The zero-order chi connectivity index (χ0) is 26.8. The molecule has 210 valence electrons. The van der Waals surface area contributed by atoms with E-state index in [-0.39, 0.29) is 40.7 Å². The maximum absolute atomic E-state index is 12.9. The van der Waals surface area contributed by atoms with Gasteiger partial charge < -0.3 is 34.3 Å². The maximum atomic E-state index is 12.9. The van der Waals surface area contributed by atoms with Crippen LogP contribution in [0.15, 0.2) is 11.6 Å². The Morgan fingerprint density at radius 1 is 0.974 bits per heavy atom. The van der Waals surface area contributed by atoms with Crippen LogP contribution in [-0.2, 0) is 28.5 Å². The number of ketones is 1. The van der Waals surface area contributed by atoms with Crippen molar-refractivity contribution in [3.63, 3.8) is 0 Å². The Labute approximate surface area is 222 Å². The largest absolute Gasteiger partial charge is 0.458 e. The highest BCUT2D eigenvalue weighted by molar-refractivity contribution is 5.91. The summed E-state index contributed by atoms with van der Waals surface area (Å²) in [5.74, 6) is -2.48. The van der Waals surface area contributed by atoms with Crippen LogP contribution < -0.4 is 0 Å². The van der Waals surface area contributed by atoms with Gasteiger partial charge in [-0.15, -0.1) is 0 Å². The Bertz CT molecular complexity index is 1090. The van der Waals surface area contributed by atoms with Gasteiger partial charge in [-0.2, -0.15) is 0 Å². The zero-order valence-electron chi connectivity index (χ0n) is 22.4. The first kappa shape index (κ1) is 25.6. The second-order valence-electron chi connectivity index (χ2n) is 13.7. The summed E-state index contributed by atoms with van der Waals surface area (Å²) in [5, 5.41) is 33.9. The average Bonchev–Trinajstić information content (AvgIpc) is 3.41. The summed E-state index contributed by atoms with van der Waals surface area (Å²) >= 11 is 0. The molecule has 4 aliphatic carbocycles. The van der Waals surface area contributed by atoms with E-state index in [0.717, 1.165) is 50.5 Å². The van der Waals surface area contributed by atoms with Gasteiger partial charge in [-0.25, -0.2) is 4.79 Å². The highest BCUT2D eigenvalue weighted by Crippen LogP contribution is 2.70. The Balaban J connectivity index is 1.16. The van der Waals surface area contributed by atoms with Crippen LogP contribution in [0.3, 0.4) is 0 Å². The molecule has 2 unspecified atom stereocenters. The molecule has 3 N–H and O–H groups in total. The summed E-state index contributed by atoms with van der Waals surface area (Å²) in [6, 6.07) is 0. The first-order chi connectivity index (χ1) is 17.9. The van der Waals surface area contributed by atoms with Crippen LogP contribution in [0.4, 0.5) is 0 Å². The van der Waals surface area contributed by atoms with Crippen molar-refractivity contribution in [2.75, 3.05) is 6.61 Å². The lowest BCUT2D eigenvalue weighted by Crippen LogP contribution is -2.72. The second-order valence-corrected chi connectivity index (χ2v) is 13.7. The number of fused-ring (bicyclic) bond motifs is 7. The number of rotatable bonds is 1. The Morgan fingerprint density at radius 2 is 1.76 bits per heavy atom. The number of cyclic esters (lactones) is 1. The molecule has 3 heterocycles. The van der Waals surface area contributed by atoms with E-state index in [4.69, 9.17) is 18.9 Å². The first-order valence-electron chi connectivity index (χ1n) is 14.4. The summed E-state index contributed by atoms with van der Waals surface area (Å²) in [6.07, 6.45) is 4.03. The van der Waals surface area contributed by atoms with Gasteiger partial charge in [-0.05, 0) is 93.0 Å². The van der Waals surface area contributed by atoms with E-state index >= 15 is 0 Å². The molecule has 0 aromatic heterocycles. The van der Waals surface area contributed by atoms with Crippen molar-refractivity contribution in [2.24, 2.45) is 34.5 Å². The predicted molar refractivity (Wildman–Crippen MR) is 131 cm³/mol. The number of aliphatic hydroxyl groups excluding tert-OH is 1. The lowest BCUT2D eigenvalue weighted by molar-refractivity contribution is -0.420. The van der Waals surface area contributed by atoms with Gasteiger partial charge in [0.05, 0.1) is 23.9 Å². The number of hydrogen-bond donors (Lipinski definition) is 3. The molecule has 7 rings (SSSR count). The van der Waals surface area contributed by atoms with Crippen molar-refractivity contribution in [2.45, 2.75) is 114 Å². The fourth-order valence-electron chi connectivity index (χ4n) is 10.2. The number of carbonyl (C=O) groups excluding carboxylic acids is 2. The van der Waals surface area contributed by atoms with Crippen molar-refractivity contribution >= 4 is 11.8 Å². The van der Waals surface area contributed by atoms with Crippen LogP contribution in [0.2, 0.25) is 0 Å². The minimum Gasteiger partial charge on any atom is -0.458 e. The molecule has 0 aromatic carbocycles. The lowest BCUT2D eigenvalue weighted by atomic mass is 9.43. The molecular weight excluding hydrogens is 492 g/mol. The van der Waals surface area contributed by atoms with Gasteiger partial charge in [0.15, 0.2) is 0 Å². The molecular formula is C29H40O9. The fourth-order valence-corrected chi connectivity index (χ4v) is 10.2. The molecule has 9 heteroatoms. The quantitative estimate of drug-likeness (QED) is 0.343. The summed E-state index contributed by atoms with van der Waals surface area (Å²) in [5.41, 5.74) is -0.251. The van der Waals surface area contributed by atoms with E-state index in [1.54, 1.807) is 13.0 Å². The SMILES string of the molecule is C[C@H]1O[C@H]2O[C@@H]3C[C@@H]4CC[C@@H]5[C@H](CC[C@]6(C)[C@@H](C7=CC(=O)OC7)CC[C@]56O)[C@@]4(C)C[C@H]3OC2(O)C(=O)C1O. The number of hydrogen-bond acceptors (Lipinski definition) is 9. The molecule has 0 aromatic rings. The topological polar surface area (TPSA) is 132 Å². The van der Waals surface area contributed by atoms with Crippen molar-refractivity contribution < 1.29 is 43.9 Å². The molecule has 0 amide bonds. The molecule has 7 aliphatic rings. The third kappa shape index (κ3) is 3.15. The highest BCUT2D eigenvalue weighted by Gasteiger charge is 2.70. The lowest BCUT2D eigenvalue weighted by Gasteiger charge is -2.65. The van der Waals surface area contributed by atoms with Crippen molar-refractivity contribution in [3.8, 4) is 0 Å². The Morgan fingerprint density at radius 3 is 2.50 bits per heavy atom. The Hall–Kier alpha value is -1.36. The van der Waals surface area contributed by atoms with E-state index in [2.05, 4.69) is 13.8 Å². The molecule has 2 saturated heterocycles. The molecule has 3 aliphatic heterocycles. The summed E-state index contributed by atoms with van der Waals surface area (Å²) in [4.78, 5) is 24.7. The molecule has 38 heavy (non-hydrogen) atoms. The van der Waals surface area contributed by atoms with Crippen molar-refractivity contribution in [1.29, 1.82) is 0 Å². The van der Waals surface area contributed by atoms with Gasteiger partial charge in [-0.1, -0.05) is 13.8 Å². The van der Waals surface area contributed by atoms with Gasteiger partial charge in [-0.3, -0.25) is 4.79 Å². The Kier molecular flexibility index (Phi) is 5.46. The van der Waals surface area contributed by atoms with Gasteiger partial charge in [0.2, 0.25) is 12.1 Å². The fraction of sp³-hybridized carbons (Fsp3) is 0.862. The summed E-state index contributed by atoms with van der Waals surface area (Å²) in [6.45, 7) is 6.43. The molecule has 4 saturated carbocycles. The van der Waals surface area contributed by atoms with Crippen LogP contribution >= 0.6 is 0 Å². The number of esters is 1. The van der Waals surface area contributed by atoms with E-state index in [9.17, 15) is 24.9 Å². The van der Waals surface area contributed by atoms with Gasteiger partial charge in [0, 0.05) is 11.5 Å². The van der Waals surface area contributed by atoms with Crippen molar-refractivity contribution in [1.82, 2.24) is 0 Å². The molecule has 0 bridgehead atoms. The van der Waals surface area contributed by atoms with Gasteiger partial charge in [0.25, 0.3) is 5.79 Å². The summed E-state index contributed by atoms with van der Waals surface area (Å²) in [7, 11) is 0. The van der Waals surface area contributed by atoms with Gasteiger partial charge >= 0.3 is 5.97 Å². The van der Waals surface area contributed by atoms with E-state index < -0.39 is 41.8 Å². The smallest absolute Gasteiger partial charge is 0.331 e. The van der Waals surface area contributed by atoms with E-state index in [1.807, 2.05) is 0 Å². The second kappa shape index (κ2) is 8.10. The maximum Gasteiger partial charge on any atom is 0.331 e. The number of aliphatic hydroxyl groups is 3. The van der Waals surface area contributed by atoms with Crippen LogP contribution in [0, 0.1) is 34.5 Å². The molecule has 13 atom stereocenters. The molecule has 0 spiro atoms. The highest BCUT2D eigenvalue weighted by atomic mass is 16.8. The molecule has 0 radical (unpaired) electrons. The minimum atomic E-state index is -2.32. The first-order valence-corrected chi connectivity index (χ1v) is 14.4. The zero-order valence-corrected chi connectivity index (χ0v) is 22.4. The van der Waals surface area contributed by atoms with Crippen LogP contribution in [0.1, 0.15) is 72.1 Å². The van der Waals surface area contributed by atoms with E-state index in [1.165, 1.54) is 0 Å². The van der Waals surface area contributed by atoms with Crippen LogP contribution in [-0.4, -0.2) is 75.8 Å². The van der Waals surface area contributed by atoms with Crippen molar-refractivity contribution in [3.05, 3.63) is 11.6 Å². The monoisotopic (exact) mass is 532 g/mol. The predicted octanol–water partition coefficient (Wildman–Crippen LogP) is 2.00. The van der Waals surface area contributed by atoms with Crippen LogP contribution in [0.5, 0.6) is 0 Å². The third-order valence-electron chi connectivity index (χ3n) is 12.3. The van der Waals surface area contributed by atoms with Crippen LogP contribution in [0.25, 0.3) is 0 Å².